The highest BCUT2D eigenvalue weighted by Crippen LogP contribution is 2.29. The molecule has 210 valence electrons. The second kappa shape index (κ2) is 12.5. The molecule has 1 aromatic carbocycles. The molecule has 2 aromatic heterocycles. The molecule has 0 spiro atoms. The van der Waals surface area contributed by atoms with Crippen LogP contribution in [0.2, 0.25) is 0 Å². The quantitative estimate of drug-likeness (QED) is 0.268. The van der Waals surface area contributed by atoms with E-state index in [1.165, 1.54) is 6.33 Å². The number of amides is 1. The second-order valence-electron chi connectivity index (χ2n) is 10.2. The van der Waals surface area contributed by atoms with Crippen molar-refractivity contribution in [1.82, 2.24) is 24.6 Å². The number of halogens is 1. The van der Waals surface area contributed by atoms with Crippen LogP contribution in [0.5, 0.6) is 0 Å². The first-order valence-corrected chi connectivity index (χ1v) is 13.1. The van der Waals surface area contributed by atoms with E-state index in [0.717, 1.165) is 16.7 Å². The Morgan fingerprint density at radius 1 is 1.28 bits per heavy atom. The van der Waals surface area contributed by atoms with Crippen LogP contribution in [0.25, 0.3) is 11.1 Å². The summed E-state index contributed by atoms with van der Waals surface area (Å²) in [6.45, 7) is 6.50. The number of benzene rings is 1. The number of hydrogen-bond donors (Lipinski definition) is 4. The number of piperidine rings is 1. The number of nitrogens with zero attached hydrogens (tertiary/aromatic N) is 6. The Labute approximate surface area is 227 Å². The van der Waals surface area contributed by atoms with Crippen LogP contribution in [0.3, 0.4) is 0 Å². The van der Waals surface area contributed by atoms with Gasteiger partial charge in [0.15, 0.2) is 11.6 Å². The molecule has 12 heteroatoms. The average molecular weight is 541 g/mol. The molecular weight excluding hydrogens is 503 g/mol. The minimum Gasteiger partial charge on any atom is -0.394 e. The monoisotopic (exact) mass is 540 g/mol. The van der Waals surface area contributed by atoms with Crippen LogP contribution in [-0.4, -0.2) is 85.7 Å². The summed E-state index contributed by atoms with van der Waals surface area (Å²) in [6, 6.07) is 7.97. The minimum absolute atomic E-state index is 0.0301. The molecule has 0 unspecified atom stereocenters. The fraction of sp³-hybridized carbons (Fsp3) is 0.481. The predicted octanol–water partition coefficient (Wildman–Crippen LogP) is 1.47. The van der Waals surface area contributed by atoms with E-state index in [0.29, 0.717) is 45.7 Å². The fourth-order valence-electron chi connectivity index (χ4n) is 5.01. The third-order valence-corrected chi connectivity index (χ3v) is 7.19. The Bertz CT molecular complexity index is 1250. The van der Waals surface area contributed by atoms with Gasteiger partial charge in [-0.2, -0.15) is 9.49 Å². The smallest absolute Gasteiger partial charge is 0.231 e. The number of likely N-dealkylation sites (tertiary alicyclic amines) is 1. The third kappa shape index (κ3) is 7.08. The van der Waals surface area contributed by atoms with Crippen LogP contribution in [0.1, 0.15) is 25.8 Å². The normalized spacial score (nSPS) is 19.7. The van der Waals surface area contributed by atoms with Crippen molar-refractivity contribution in [1.29, 1.82) is 0 Å². The molecule has 1 aliphatic rings. The second-order valence-corrected chi connectivity index (χ2v) is 10.2. The minimum atomic E-state index is -1.06. The van der Waals surface area contributed by atoms with Crippen LogP contribution >= 0.6 is 0 Å². The van der Waals surface area contributed by atoms with Crippen LogP contribution in [0.15, 0.2) is 43.0 Å². The number of β-amino-alcohol motifs (C(OH)–C–C–N with tert-alkyl or cyclic N) is 1. The Hall–Kier alpha value is -3.61. The Morgan fingerprint density at radius 3 is 2.72 bits per heavy atom. The van der Waals surface area contributed by atoms with E-state index in [4.69, 9.17) is 10.8 Å². The van der Waals surface area contributed by atoms with Crippen molar-refractivity contribution in [3.63, 3.8) is 0 Å². The maximum atomic E-state index is 15.5. The number of nitrogens with two attached hydrogens (primary N) is 1. The average Bonchev–Trinajstić information content (AvgIpc) is 3.36. The number of nitrogens with one attached hydrogen (secondary N) is 1. The van der Waals surface area contributed by atoms with Crippen LogP contribution in [-0.2, 0) is 17.9 Å². The number of aliphatic hydroxyl groups excluding tert-OH is 1. The SMILES string of the molecule is CCN(Cc1ccc(-c2cnn(CCO)c2)cc1)c1ncnc(NC[C@@H]2CCN(CC(N)=O)C[C@]2(C)O)c1F. The summed E-state index contributed by atoms with van der Waals surface area (Å²) in [7, 11) is 0. The van der Waals surface area contributed by atoms with Gasteiger partial charge in [-0.3, -0.25) is 14.4 Å². The zero-order valence-corrected chi connectivity index (χ0v) is 22.4. The van der Waals surface area contributed by atoms with Gasteiger partial charge in [0, 0.05) is 43.9 Å². The van der Waals surface area contributed by atoms with E-state index in [-0.39, 0.29) is 30.7 Å². The van der Waals surface area contributed by atoms with E-state index in [1.54, 1.807) is 17.8 Å². The van der Waals surface area contributed by atoms with Crippen molar-refractivity contribution in [2.45, 2.75) is 39.0 Å². The third-order valence-electron chi connectivity index (χ3n) is 7.19. The molecule has 2 atom stereocenters. The van der Waals surface area contributed by atoms with Crippen LogP contribution in [0.4, 0.5) is 16.0 Å². The number of carbonyl (C=O) groups is 1. The molecular formula is C27H37FN8O3. The highest BCUT2D eigenvalue weighted by molar-refractivity contribution is 5.75. The lowest BCUT2D eigenvalue weighted by atomic mass is 9.82. The highest BCUT2D eigenvalue weighted by Gasteiger charge is 2.38. The van der Waals surface area contributed by atoms with Crippen molar-refractivity contribution in [3.8, 4) is 11.1 Å². The number of carbonyl (C=O) groups excluding carboxylic acids is 1. The molecule has 0 radical (unpaired) electrons. The number of aromatic nitrogens is 4. The highest BCUT2D eigenvalue weighted by atomic mass is 19.1. The van der Waals surface area contributed by atoms with Crippen molar-refractivity contribution < 1.29 is 19.4 Å². The molecule has 39 heavy (non-hydrogen) atoms. The van der Waals surface area contributed by atoms with E-state index >= 15 is 4.39 Å². The maximum Gasteiger partial charge on any atom is 0.231 e. The molecule has 0 bridgehead atoms. The molecule has 1 fully saturated rings. The Morgan fingerprint density at radius 2 is 2.05 bits per heavy atom. The molecule has 1 amide bonds. The van der Waals surface area contributed by atoms with E-state index in [1.807, 2.05) is 47.2 Å². The summed E-state index contributed by atoms with van der Waals surface area (Å²) in [5.74, 6) is -0.842. The summed E-state index contributed by atoms with van der Waals surface area (Å²) in [4.78, 5) is 23.3. The summed E-state index contributed by atoms with van der Waals surface area (Å²) in [5.41, 5.74) is 7.18. The number of hydrogen-bond acceptors (Lipinski definition) is 9. The van der Waals surface area contributed by atoms with E-state index in [2.05, 4.69) is 20.4 Å². The molecule has 1 saturated heterocycles. The Balaban J connectivity index is 1.40. The van der Waals surface area contributed by atoms with Gasteiger partial charge in [0.2, 0.25) is 11.7 Å². The molecule has 0 aliphatic carbocycles. The van der Waals surface area contributed by atoms with Gasteiger partial charge in [0.25, 0.3) is 0 Å². The van der Waals surface area contributed by atoms with Gasteiger partial charge in [0.05, 0.1) is 31.5 Å². The predicted molar refractivity (Wildman–Crippen MR) is 146 cm³/mol. The zero-order valence-electron chi connectivity index (χ0n) is 22.4. The number of anilines is 2. The van der Waals surface area contributed by atoms with Crippen molar-refractivity contribution in [2.75, 3.05) is 49.5 Å². The molecule has 3 heterocycles. The van der Waals surface area contributed by atoms with Crippen LogP contribution < -0.4 is 16.0 Å². The van der Waals surface area contributed by atoms with Gasteiger partial charge in [0.1, 0.15) is 6.33 Å². The maximum absolute atomic E-state index is 15.5. The lowest BCUT2D eigenvalue weighted by Gasteiger charge is -2.42. The van der Waals surface area contributed by atoms with Crippen molar-refractivity contribution >= 4 is 17.5 Å². The van der Waals surface area contributed by atoms with E-state index < -0.39 is 17.3 Å². The van der Waals surface area contributed by atoms with Gasteiger partial charge in [-0.25, -0.2) is 9.97 Å². The van der Waals surface area contributed by atoms with Gasteiger partial charge >= 0.3 is 0 Å². The molecule has 3 aromatic rings. The fourth-order valence-corrected chi connectivity index (χ4v) is 5.01. The van der Waals surface area contributed by atoms with Gasteiger partial charge in [-0.05, 0) is 37.9 Å². The van der Waals surface area contributed by atoms with Crippen molar-refractivity contribution in [2.24, 2.45) is 11.7 Å². The molecule has 4 rings (SSSR count). The number of primary amides is 1. The number of rotatable bonds is 12. The molecule has 0 saturated carbocycles. The van der Waals surface area contributed by atoms with Crippen molar-refractivity contribution in [3.05, 3.63) is 54.4 Å². The summed E-state index contributed by atoms with van der Waals surface area (Å²) in [6.07, 6.45) is 5.62. The van der Waals surface area contributed by atoms with Gasteiger partial charge < -0.3 is 26.2 Å². The zero-order chi connectivity index (χ0) is 28.0. The largest absolute Gasteiger partial charge is 0.394 e. The molecule has 5 N–H and O–H groups in total. The first-order valence-electron chi connectivity index (χ1n) is 13.1. The first kappa shape index (κ1) is 28.4. The Kier molecular flexibility index (Phi) is 9.10. The molecule has 11 nitrogen and oxygen atoms in total. The summed E-state index contributed by atoms with van der Waals surface area (Å²) in [5, 5.41) is 27.3. The van der Waals surface area contributed by atoms with Crippen LogP contribution in [0, 0.1) is 11.7 Å². The van der Waals surface area contributed by atoms with Gasteiger partial charge in [-0.1, -0.05) is 24.3 Å². The topological polar surface area (TPSA) is 146 Å². The first-order chi connectivity index (χ1) is 18.7. The number of aliphatic hydroxyl groups is 2. The van der Waals surface area contributed by atoms with E-state index in [9.17, 15) is 9.90 Å². The lowest BCUT2D eigenvalue weighted by molar-refractivity contribution is -0.121. The summed E-state index contributed by atoms with van der Waals surface area (Å²) < 4.78 is 17.2. The lowest BCUT2D eigenvalue weighted by Crippen LogP contribution is -2.55. The molecule has 1 aliphatic heterocycles. The van der Waals surface area contributed by atoms with Gasteiger partial charge in [-0.15, -0.1) is 0 Å². The summed E-state index contributed by atoms with van der Waals surface area (Å²) >= 11 is 0. The standard InChI is InChI=1S/C27H37FN8O3/c1-3-35(14-19-4-6-20(7-5-19)21-12-33-36(15-21)10-11-37)26-24(28)25(31-18-32-26)30-13-22-8-9-34(16-23(29)38)17-27(22,2)39/h4-7,12,15,18,22,37,39H,3,8-11,13-14,16-17H2,1-2H3,(H2,29,38)(H,30,31,32)/t22-,27-/m0/s1.